The topological polar surface area (TPSA) is 71.4 Å². The molecule has 2 rings (SSSR count). The first-order valence-corrected chi connectivity index (χ1v) is 8.49. The van der Waals surface area contributed by atoms with Crippen molar-refractivity contribution in [1.29, 1.82) is 0 Å². The Morgan fingerprint density at radius 1 is 1.23 bits per heavy atom. The third-order valence-corrected chi connectivity index (χ3v) is 4.19. The number of benzene rings is 1. The van der Waals surface area contributed by atoms with Crippen molar-refractivity contribution in [2.75, 3.05) is 0 Å². The minimum Gasteiger partial charge on any atom is -0.264 e. The zero-order valence-corrected chi connectivity index (χ0v) is 13.4. The second kappa shape index (κ2) is 7.17. The SMILES string of the molecule is CC(C)Cc1ccc(S(=O)(=O)N/N=C/c2cccnc2)cc1. The predicted molar refractivity (Wildman–Crippen MR) is 87.1 cm³/mol. The summed E-state index contributed by atoms with van der Waals surface area (Å²) < 4.78 is 24.2. The molecule has 1 aromatic carbocycles. The van der Waals surface area contributed by atoms with Gasteiger partial charge in [-0.3, -0.25) is 4.98 Å². The molecule has 0 amide bonds. The van der Waals surface area contributed by atoms with Gasteiger partial charge in [-0.15, -0.1) is 0 Å². The van der Waals surface area contributed by atoms with Crippen LogP contribution in [0.2, 0.25) is 0 Å². The van der Waals surface area contributed by atoms with Crippen molar-refractivity contribution in [2.45, 2.75) is 25.2 Å². The van der Waals surface area contributed by atoms with Gasteiger partial charge in [0.25, 0.3) is 10.0 Å². The van der Waals surface area contributed by atoms with Crippen LogP contribution in [0.4, 0.5) is 0 Å². The Labute approximate surface area is 131 Å². The van der Waals surface area contributed by atoms with Crippen LogP contribution in [0.15, 0.2) is 58.8 Å². The highest BCUT2D eigenvalue weighted by atomic mass is 32.2. The summed E-state index contributed by atoms with van der Waals surface area (Å²) in [5.74, 6) is 0.532. The highest BCUT2D eigenvalue weighted by Gasteiger charge is 2.12. The highest BCUT2D eigenvalue weighted by molar-refractivity contribution is 7.89. The van der Waals surface area contributed by atoms with Gasteiger partial charge in [0.1, 0.15) is 0 Å². The number of hydrogen-bond donors (Lipinski definition) is 1. The minimum atomic E-state index is -3.64. The first-order valence-electron chi connectivity index (χ1n) is 7.01. The van der Waals surface area contributed by atoms with E-state index in [9.17, 15) is 8.42 Å². The number of nitrogens with one attached hydrogen (secondary N) is 1. The van der Waals surface area contributed by atoms with Gasteiger partial charge in [-0.1, -0.05) is 32.0 Å². The number of nitrogens with zero attached hydrogens (tertiary/aromatic N) is 2. The number of pyridine rings is 1. The van der Waals surface area contributed by atoms with Crippen molar-refractivity contribution >= 4 is 16.2 Å². The highest BCUT2D eigenvalue weighted by Crippen LogP contribution is 2.13. The largest absolute Gasteiger partial charge is 0.276 e. The second-order valence-corrected chi connectivity index (χ2v) is 7.04. The van der Waals surface area contributed by atoms with Gasteiger partial charge >= 0.3 is 0 Å². The lowest BCUT2D eigenvalue weighted by Crippen LogP contribution is -2.18. The molecule has 0 radical (unpaired) electrons. The molecular weight excluding hydrogens is 298 g/mol. The molecule has 0 aliphatic heterocycles. The minimum absolute atomic E-state index is 0.198. The van der Waals surface area contributed by atoms with Gasteiger partial charge in [0, 0.05) is 18.0 Å². The lowest BCUT2D eigenvalue weighted by molar-refractivity contribution is 0.584. The molecule has 0 unspecified atom stereocenters. The van der Waals surface area contributed by atoms with Gasteiger partial charge in [-0.2, -0.15) is 13.5 Å². The van der Waals surface area contributed by atoms with Crippen LogP contribution in [-0.2, 0) is 16.4 Å². The van der Waals surface area contributed by atoms with Gasteiger partial charge in [-0.25, -0.2) is 4.83 Å². The van der Waals surface area contributed by atoms with Crippen LogP contribution < -0.4 is 4.83 Å². The van der Waals surface area contributed by atoms with Crippen molar-refractivity contribution < 1.29 is 8.42 Å². The monoisotopic (exact) mass is 317 g/mol. The van der Waals surface area contributed by atoms with Gasteiger partial charge < -0.3 is 0 Å². The second-order valence-electron chi connectivity index (χ2n) is 5.38. The number of hydrazone groups is 1. The molecule has 0 spiro atoms. The molecule has 1 N–H and O–H groups in total. The molecule has 0 saturated carbocycles. The van der Waals surface area contributed by atoms with E-state index in [-0.39, 0.29) is 4.90 Å². The molecule has 0 atom stereocenters. The number of hydrogen-bond acceptors (Lipinski definition) is 4. The number of sulfonamides is 1. The molecule has 6 heteroatoms. The maximum absolute atomic E-state index is 12.1. The predicted octanol–water partition coefficient (Wildman–Crippen LogP) is 2.59. The van der Waals surface area contributed by atoms with Crippen LogP contribution in [-0.4, -0.2) is 19.6 Å². The molecule has 0 fully saturated rings. The third-order valence-electron chi connectivity index (χ3n) is 2.95. The summed E-state index contributed by atoms with van der Waals surface area (Å²) in [5, 5.41) is 3.76. The van der Waals surface area contributed by atoms with E-state index < -0.39 is 10.0 Å². The Morgan fingerprint density at radius 2 is 1.95 bits per heavy atom. The average molecular weight is 317 g/mol. The fraction of sp³-hybridized carbons (Fsp3) is 0.250. The van der Waals surface area contributed by atoms with Crippen LogP contribution in [0.5, 0.6) is 0 Å². The zero-order valence-electron chi connectivity index (χ0n) is 12.6. The Bertz CT molecular complexity index is 724. The number of aromatic nitrogens is 1. The summed E-state index contributed by atoms with van der Waals surface area (Å²) >= 11 is 0. The Kier molecular flexibility index (Phi) is 5.27. The molecule has 5 nitrogen and oxygen atoms in total. The smallest absolute Gasteiger partial charge is 0.264 e. The summed E-state index contributed by atoms with van der Waals surface area (Å²) in [6, 6.07) is 10.4. The lowest BCUT2D eigenvalue weighted by atomic mass is 10.0. The van der Waals surface area contributed by atoms with E-state index in [4.69, 9.17) is 0 Å². The molecule has 0 aliphatic rings. The summed E-state index contributed by atoms with van der Waals surface area (Å²) in [5.41, 5.74) is 1.84. The molecule has 2 aromatic rings. The maximum Gasteiger partial charge on any atom is 0.276 e. The van der Waals surface area contributed by atoms with Crippen LogP contribution in [0.1, 0.15) is 25.0 Å². The lowest BCUT2D eigenvalue weighted by Gasteiger charge is -2.07. The van der Waals surface area contributed by atoms with E-state index in [0.717, 1.165) is 17.5 Å². The summed E-state index contributed by atoms with van der Waals surface area (Å²) in [4.78, 5) is 6.32. The number of rotatable bonds is 6. The van der Waals surface area contributed by atoms with Crippen molar-refractivity contribution in [3.63, 3.8) is 0 Å². The van der Waals surface area contributed by atoms with E-state index in [1.807, 2.05) is 12.1 Å². The van der Waals surface area contributed by atoms with Gasteiger partial charge in [0.15, 0.2) is 0 Å². The molecule has 0 bridgehead atoms. The van der Waals surface area contributed by atoms with Crippen molar-refractivity contribution in [3.8, 4) is 0 Å². The van der Waals surface area contributed by atoms with Crippen LogP contribution >= 0.6 is 0 Å². The first kappa shape index (κ1) is 16.2. The van der Waals surface area contributed by atoms with Crippen LogP contribution in [0, 0.1) is 5.92 Å². The van der Waals surface area contributed by atoms with E-state index in [2.05, 4.69) is 28.8 Å². The molecular formula is C16H19N3O2S. The van der Waals surface area contributed by atoms with E-state index in [1.165, 1.54) is 6.21 Å². The summed E-state index contributed by atoms with van der Waals surface area (Å²) in [7, 11) is -3.64. The van der Waals surface area contributed by atoms with Gasteiger partial charge in [0.2, 0.25) is 0 Å². The summed E-state index contributed by atoms with van der Waals surface area (Å²) in [6.45, 7) is 4.25. The molecule has 116 valence electrons. The Hall–Kier alpha value is -2.21. The quantitative estimate of drug-likeness (QED) is 0.657. The van der Waals surface area contributed by atoms with Crippen molar-refractivity contribution in [1.82, 2.24) is 9.82 Å². The fourth-order valence-electron chi connectivity index (χ4n) is 1.95. The molecule has 1 heterocycles. The Morgan fingerprint density at radius 3 is 2.55 bits per heavy atom. The van der Waals surface area contributed by atoms with E-state index >= 15 is 0 Å². The van der Waals surface area contributed by atoms with E-state index in [1.54, 1.807) is 36.7 Å². The van der Waals surface area contributed by atoms with Crippen LogP contribution in [0.3, 0.4) is 0 Å². The van der Waals surface area contributed by atoms with Crippen molar-refractivity contribution in [2.24, 2.45) is 11.0 Å². The molecule has 0 saturated heterocycles. The van der Waals surface area contributed by atoms with Gasteiger partial charge in [-0.05, 0) is 36.1 Å². The fourth-order valence-corrected chi connectivity index (χ4v) is 2.74. The summed E-state index contributed by atoms with van der Waals surface area (Å²) in [6.07, 6.45) is 5.57. The van der Waals surface area contributed by atoms with E-state index in [0.29, 0.717) is 5.92 Å². The average Bonchev–Trinajstić information content (AvgIpc) is 2.48. The zero-order chi connectivity index (χ0) is 16.0. The molecule has 1 aromatic heterocycles. The van der Waals surface area contributed by atoms with Gasteiger partial charge in [0.05, 0.1) is 11.1 Å². The Balaban J connectivity index is 2.05. The normalized spacial score (nSPS) is 12.0. The molecule has 22 heavy (non-hydrogen) atoms. The molecule has 0 aliphatic carbocycles. The standard InChI is InChI=1S/C16H19N3O2S/c1-13(2)10-14-5-7-16(8-6-14)22(20,21)19-18-12-15-4-3-9-17-11-15/h3-9,11-13,19H,10H2,1-2H3/b18-12+. The van der Waals surface area contributed by atoms with Crippen LogP contribution in [0.25, 0.3) is 0 Å². The van der Waals surface area contributed by atoms with Crippen molar-refractivity contribution in [3.05, 3.63) is 59.9 Å². The first-order chi connectivity index (χ1) is 10.5. The maximum atomic E-state index is 12.1. The third kappa shape index (κ3) is 4.66.